The second kappa shape index (κ2) is 17.5. The smallest absolute Gasteiger partial charge is 0.408 e. The van der Waals surface area contributed by atoms with Gasteiger partial charge in [0.25, 0.3) is 0 Å². The monoisotopic (exact) mass is 679 g/mol. The third-order valence-corrected chi connectivity index (χ3v) is 8.47. The molecule has 0 saturated heterocycles. The van der Waals surface area contributed by atoms with Gasteiger partial charge in [-0.2, -0.15) is 5.10 Å². The molecule has 14 nitrogen and oxygen atoms in total. The van der Waals surface area contributed by atoms with E-state index in [0.717, 1.165) is 61.2 Å². The number of esters is 1. The first-order valence-electron chi connectivity index (χ1n) is 16.6. The third-order valence-electron chi connectivity index (χ3n) is 8.47. The highest BCUT2D eigenvalue weighted by Crippen LogP contribution is 2.50. The van der Waals surface area contributed by atoms with Gasteiger partial charge in [-0.05, 0) is 66.9 Å². The number of aliphatic imine (C=N–C) groups is 1. The first-order chi connectivity index (χ1) is 23.9. The molecule has 2 unspecified atom stereocenters. The summed E-state index contributed by atoms with van der Waals surface area (Å²) in [5.41, 5.74) is 9.29. The Bertz CT molecular complexity index is 1560. The zero-order chi connectivity index (χ0) is 34.6. The van der Waals surface area contributed by atoms with Crippen LogP contribution >= 0.6 is 0 Å². The van der Waals surface area contributed by atoms with Crippen LogP contribution in [0, 0.1) is 0 Å². The lowest BCUT2D eigenvalue weighted by atomic mass is 9.95. The number of guanidine groups is 1. The van der Waals surface area contributed by atoms with Gasteiger partial charge < -0.3 is 44.5 Å². The number of hydrogen-bond acceptors (Lipinski definition) is 13. The summed E-state index contributed by atoms with van der Waals surface area (Å²) in [7, 11) is 3.15. The molecule has 0 spiro atoms. The lowest BCUT2D eigenvalue weighted by molar-refractivity contribution is -0.150. The van der Waals surface area contributed by atoms with Crippen LogP contribution in [-0.4, -0.2) is 93.2 Å². The molecule has 1 aliphatic heterocycles. The van der Waals surface area contributed by atoms with Crippen molar-refractivity contribution >= 4 is 29.3 Å². The Morgan fingerprint density at radius 3 is 2.55 bits per heavy atom. The van der Waals surface area contributed by atoms with Gasteiger partial charge in [0.05, 0.1) is 33.1 Å². The van der Waals surface area contributed by atoms with E-state index in [2.05, 4.69) is 21.1 Å². The van der Waals surface area contributed by atoms with Crippen molar-refractivity contribution in [3.8, 4) is 17.2 Å². The predicted molar refractivity (Wildman–Crippen MR) is 182 cm³/mol. The molecule has 2 aromatic rings. The Labute approximate surface area is 285 Å². The van der Waals surface area contributed by atoms with E-state index in [1.165, 1.54) is 11.1 Å². The van der Waals surface area contributed by atoms with Crippen LogP contribution in [0.3, 0.4) is 0 Å². The second-order valence-corrected chi connectivity index (χ2v) is 11.8. The van der Waals surface area contributed by atoms with Gasteiger partial charge >= 0.3 is 12.1 Å². The minimum atomic E-state index is -1.25. The molecule has 0 saturated carbocycles. The Hall–Kier alpha value is -4.82. The maximum atomic E-state index is 12.9. The number of rotatable bonds is 14. The number of fused-ring (bicyclic) bond motifs is 2. The van der Waals surface area contributed by atoms with Crippen LogP contribution in [0.15, 0.2) is 52.1 Å². The highest BCUT2D eigenvalue weighted by Gasteiger charge is 2.32. The molecular weight excluding hydrogens is 634 g/mol. The molecule has 49 heavy (non-hydrogen) atoms. The number of aliphatic hydroxyl groups excluding tert-OH is 2. The SMILES string of the molecule is COc1c(OCCC(NC(=O)OCc2ccccc2)C(=O)OCC(O)CO)cc2c(c1OC)C1=C(CCC1)C(=NNC1=NCCCN1)CC2. The van der Waals surface area contributed by atoms with Gasteiger partial charge in [0.15, 0.2) is 11.5 Å². The molecule has 1 heterocycles. The van der Waals surface area contributed by atoms with E-state index in [0.29, 0.717) is 36.0 Å². The number of ether oxygens (including phenoxy) is 5. The molecular formula is C35H45N5O9. The number of amides is 1. The molecule has 5 N–H and O–H groups in total. The summed E-state index contributed by atoms with van der Waals surface area (Å²) in [5, 5.41) is 29.4. The van der Waals surface area contributed by atoms with Crippen molar-refractivity contribution in [1.82, 2.24) is 16.1 Å². The lowest BCUT2D eigenvalue weighted by Gasteiger charge is -2.22. The molecule has 2 aliphatic carbocycles. The highest BCUT2D eigenvalue weighted by molar-refractivity contribution is 6.09. The van der Waals surface area contributed by atoms with Gasteiger partial charge in [0.2, 0.25) is 11.7 Å². The van der Waals surface area contributed by atoms with E-state index in [1.54, 1.807) is 14.2 Å². The molecule has 0 bridgehead atoms. The topological polar surface area (TPSA) is 182 Å². The molecule has 0 radical (unpaired) electrons. The first-order valence-corrected chi connectivity index (χ1v) is 16.6. The summed E-state index contributed by atoms with van der Waals surface area (Å²) >= 11 is 0. The summed E-state index contributed by atoms with van der Waals surface area (Å²) in [6.45, 7) is 0.599. The quantitative estimate of drug-likeness (QED) is 0.146. The van der Waals surface area contributed by atoms with Crippen molar-refractivity contribution in [2.45, 2.75) is 63.7 Å². The van der Waals surface area contributed by atoms with Crippen LogP contribution in [0.25, 0.3) is 5.57 Å². The van der Waals surface area contributed by atoms with Crippen LogP contribution in [-0.2, 0) is 27.3 Å². The number of nitrogens with zero attached hydrogens (tertiary/aromatic N) is 2. The average Bonchev–Trinajstić information content (AvgIpc) is 3.56. The van der Waals surface area contributed by atoms with Gasteiger partial charge in [-0.15, -0.1) is 0 Å². The molecule has 1 amide bonds. The van der Waals surface area contributed by atoms with Crippen molar-refractivity contribution in [3.63, 3.8) is 0 Å². The fraction of sp³-hybridized carbons (Fsp3) is 0.486. The van der Waals surface area contributed by atoms with Crippen LogP contribution in [0.5, 0.6) is 17.2 Å². The summed E-state index contributed by atoms with van der Waals surface area (Å²) in [4.78, 5) is 30.1. The maximum Gasteiger partial charge on any atom is 0.408 e. The molecule has 0 fully saturated rings. The summed E-state index contributed by atoms with van der Waals surface area (Å²) in [5.74, 6) is 1.27. The number of carbonyl (C=O) groups excluding carboxylic acids is 2. The molecule has 264 valence electrons. The van der Waals surface area contributed by atoms with Crippen LogP contribution in [0.4, 0.5) is 4.79 Å². The summed E-state index contributed by atoms with van der Waals surface area (Å²) in [6.07, 6.45) is 3.09. The van der Waals surface area contributed by atoms with Crippen LogP contribution < -0.4 is 30.3 Å². The molecule has 3 aliphatic rings. The van der Waals surface area contributed by atoms with Crippen molar-refractivity contribution in [2.24, 2.45) is 10.1 Å². The van der Waals surface area contributed by atoms with Gasteiger partial charge in [-0.25, -0.2) is 15.0 Å². The molecule has 2 aromatic carbocycles. The van der Waals surface area contributed by atoms with E-state index in [-0.39, 0.29) is 19.6 Å². The molecule has 5 rings (SSSR count). The van der Waals surface area contributed by atoms with Crippen molar-refractivity contribution in [2.75, 3.05) is 47.1 Å². The Morgan fingerprint density at radius 2 is 1.82 bits per heavy atom. The maximum absolute atomic E-state index is 12.9. The number of allylic oxidation sites excluding steroid dienone is 2. The van der Waals surface area contributed by atoms with Gasteiger partial charge in [0.1, 0.15) is 25.4 Å². The highest BCUT2D eigenvalue weighted by atomic mass is 16.6. The standard InChI is InChI=1S/C35H45N5O9/c1-45-31-29(47-17-14-28(33(43)48-21-24(42)19-41)38-35(44)49-20-22-8-4-3-5-9-22)18-23-12-13-27(39-40-34-36-15-7-16-37-34)25-10-6-11-26(25)30(23)32(31)46-2/h3-5,8-9,18,24,28,41-42H,6-7,10-17,19-21H2,1-2H3,(H,38,44)(H2,36,37,40). The Kier molecular flexibility index (Phi) is 12.7. The van der Waals surface area contributed by atoms with Crippen LogP contribution in [0.1, 0.15) is 55.2 Å². The third kappa shape index (κ3) is 9.21. The number of benzene rings is 2. The van der Waals surface area contributed by atoms with E-state index in [9.17, 15) is 14.7 Å². The zero-order valence-electron chi connectivity index (χ0n) is 28.0. The number of nitrogens with one attached hydrogen (secondary N) is 3. The van der Waals surface area contributed by atoms with E-state index in [4.69, 9.17) is 33.9 Å². The molecule has 0 aromatic heterocycles. The number of hydrogen-bond donors (Lipinski definition) is 5. The molecule has 14 heteroatoms. The second-order valence-electron chi connectivity index (χ2n) is 11.8. The first kappa shape index (κ1) is 35.5. The summed E-state index contributed by atoms with van der Waals surface area (Å²) in [6, 6.07) is 9.90. The largest absolute Gasteiger partial charge is 0.492 e. The number of methoxy groups -OCH3 is 2. The van der Waals surface area contributed by atoms with Crippen LogP contribution in [0.2, 0.25) is 0 Å². The van der Waals surface area contributed by atoms with E-state index >= 15 is 0 Å². The Balaban J connectivity index is 1.32. The summed E-state index contributed by atoms with van der Waals surface area (Å²) < 4.78 is 28.4. The van der Waals surface area contributed by atoms with Crippen molar-refractivity contribution in [1.29, 1.82) is 0 Å². The number of alkyl carbamates (subject to hydrolysis) is 1. The fourth-order valence-corrected chi connectivity index (χ4v) is 6.06. The lowest BCUT2D eigenvalue weighted by Crippen LogP contribution is -2.43. The van der Waals surface area contributed by atoms with Gasteiger partial charge in [-0.1, -0.05) is 30.3 Å². The predicted octanol–water partition coefficient (Wildman–Crippen LogP) is 2.84. The zero-order valence-corrected chi connectivity index (χ0v) is 28.0. The number of aliphatic hydroxyl groups is 2. The van der Waals surface area contributed by atoms with E-state index < -0.39 is 37.4 Å². The fourth-order valence-electron chi connectivity index (χ4n) is 6.06. The minimum Gasteiger partial charge on any atom is -0.492 e. The van der Waals surface area contributed by atoms with Gasteiger partial charge in [0, 0.05) is 25.1 Å². The number of hydrazone groups is 1. The Morgan fingerprint density at radius 1 is 1.02 bits per heavy atom. The molecule has 2 atom stereocenters. The average molecular weight is 680 g/mol. The van der Waals surface area contributed by atoms with Gasteiger partial charge in [-0.3, -0.25) is 4.99 Å². The minimum absolute atomic E-state index is 0.00651. The number of carbonyl (C=O) groups is 2. The van der Waals surface area contributed by atoms with Crippen molar-refractivity contribution in [3.05, 3.63) is 58.7 Å². The van der Waals surface area contributed by atoms with Crippen molar-refractivity contribution < 1.29 is 43.5 Å². The normalized spacial score (nSPS) is 17.4. The van der Waals surface area contributed by atoms with E-state index in [1.807, 2.05) is 36.4 Å². The number of aryl methyl sites for hydroxylation is 1.